The van der Waals surface area contributed by atoms with Crippen LogP contribution >= 0.6 is 0 Å². The number of carbonyl (C=O) groups excluding carboxylic acids is 1. The van der Waals surface area contributed by atoms with Crippen molar-refractivity contribution in [2.45, 2.75) is 89.1 Å². The molecule has 0 aromatic heterocycles. The first-order chi connectivity index (χ1) is 24.2. The van der Waals surface area contributed by atoms with Crippen molar-refractivity contribution in [1.82, 2.24) is 9.80 Å². The van der Waals surface area contributed by atoms with Crippen molar-refractivity contribution < 1.29 is 14.3 Å². The first-order valence-corrected chi connectivity index (χ1v) is 18.9. The summed E-state index contributed by atoms with van der Waals surface area (Å²) < 4.78 is 11.8. The van der Waals surface area contributed by atoms with Crippen molar-refractivity contribution >= 4 is 6.16 Å². The first kappa shape index (κ1) is 33.2. The molecule has 5 heteroatoms. The van der Waals surface area contributed by atoms with Crippen molar-refractivity contribution in [1.29, 1.82) is 0 Å². The Bertz CT molecular complexity index is 1710. The molecule has 2 saturated heterocycles. The van der Waals surface area contributed by atoms with Crippen LogP contribution in [0, 0.1) is 11.8 Å². The van der Waals surface area contributed by atoms with E-state index in [4.69, 9.17) is 9.47 Å². The number of carbonyl (C=O) groups is 1. The van der Waals surface area contributed by atoms with Gasteiger partial charge in [0.1, 0.15) is 11.5 Å². The largest absolute Gasteiger partial charge is 0.519 e. The molecule has 2 heterocycles. The van der Waals surface area contributed by atoms with Gasteiger partial charge in [0.25, 0.3) is 0 Å². The summed E-state index contributed by atoms with van der Waals surface area (Å²) in [5.74, 6) is 2.15. The lowest BCUT2D eigenvalue weighted by Gasteiger charge is -2.54. The van der Waals surface area contributed by atoms with E-state index in [0.29, 0.717) is 35.4 Å². The molecule has 0 spiro atoms. The van der Waals surface area contributed by atoms with Gasteiger partial charge in [-0.15, -0.1) is 0 Å². The fraction of sp³-hybridized carbons (Fsp3) is 0.444. The van der Waals surface area contributed by atoms with Crippen molar-refractivity contribution in [3.8, 4) is 11.5 Å². The Morgan fingerprint density at radius 1 is 0.640 bits per heavy atom. The van der Waals surface area contributed by atoms with E-state index in [0.717, 1.165) is 64.7 Å². The molecule has 0 radical (unpaired) electrons. The maximum absolute atomic E-state index is 13.2. The molecule has 4 aromatic rings. The minimum Gasteiger partial charge on any atom is -0.395 e. The molecular formula is C45H52N2O3. The van der Waals surface area contributed by atoms with Gasteiger partial charge in [0.05, 0.1) is 0 Å². The van der Waals surface area contributed by atoms with Gasteiger partial charge < -0.3 is 9.47 Å². The monoisotopic (exact) mass is 668 g/mol. The number of likely N-dealkylation sites (tertiary alicyclic amines) is 2. The summed E-state index contributed by atoms with van der Waals surface area (Å²) in [6, 6.07) is 35.2. The molecule has 2 fully saturated rings. The molecule has 5 nitrogen and oxygen atoms in total. The summed E-state index contributed by atoms with van der Waals surface area (Å²) in [6.07, 6.45) is 5.75. The van der Waals surface area contributed by atoms with Crippen LogP contribution in [0.2, 0.25) is 0 Å². The summed E-state index contributed by atoms with van der Waals surface area (Å²) in [7, 11) is 0. The van der Waals surface area contributed by atoms with Crippen LogP contribution in [0.3, 0.4) is 0 Å². The minimum atomic E-state index is -0.671. The molecule has 4 bridgehead atoms. The number of hydrogen-bond donors (Lipinski definition) is 0. The van der Waals surface area contributed by atoms with E-state index in [9.17, 15) is 4.79 Å². The highest BCUT2D eigenvalue weighted by atomic mass is 16.7. The van der Waals surface area contributed by atoms with Crippen molar-refractivity contribution in [3.05, 3.63) is 130 Å². The standard InChI is InChI=1S/C45H52N2O3/c1-31-41-27-35-15-17-37(29-39(35)44(31,3)21-25-46(41)23-19-33-11-7-5-8-12-33)49-43(48)50-38-18-16-36-28-42-32(2)45(4,40(36)30-38)22-26-47(42)24-20-34-13-9-6-10-14-34/h5-18,29-32,41-42H,19-28H2,1-4H3. The third-order valence-corrected chi connectivity index (χ3v) is 13.7. The zero-order valence-corrected chi connectivity index (χ0v) is 30.2. The Balaban J connectivity index is 0.926. The van der Waals surface area contributed by atoms with Crippen LogP contribution in [0.15, 0.2) is 97.1 Å². The Morgan fingerprint density at radius 2 is 1.06 bits per heavy atom. The highest BCUT2D eigenvalue weighted by Gasteiger charge is 2.49. The number of piperidine rings is 2. The van der Waals surface area contributed by atoms with E-state index in [1.165, 1.54) is 33.4 Å². The van der Waals surface area contributed by atoms with Gasteiger partial charge in [-0.05, 0) is 132 Å². The quantitative estimate of drug-likeness (QED) is 0.139. The van der Waals surface area contributed by atoms with Crippen LogP contribution in [0.5, 0.6) is 11.5 Å². The van der Waals surface area contributed by atoms with Gasteiger partial charge in [-0.25, -0.2) is 4.79 Å². The summed E-state index contributed by atoms with van der Waals surface area (Å²) in [6.45, 7) is 14.0. The summed E-state index contributed by atoms with van der Waals surface area (Å²) in [4.78, 5) is 18.7. The van der Waals surface area contributed by atoms with E-state index >= 15 is 0 Å². The van der Waals surface area contributed by atoms with E-state index in [2.05, 4.69) is 122 Å². The van der Waals surface area contributed by atoms with Gasteiger partial charge in [0.15, 0.2) is 0 Å². The normalized spacial score (nSPS) is 28.7. The Morgan fingerprint density at radius 3 is 1.48 bits per heavy atom. The number of fused-ring (bicyclic) bond motifs is 8. The molecule has 0 amide bonds. The van der Waals surface area contributed by atoms with Crippen LogP contribution in [-0.2, 0) is 36.5 Å². The fourth-order valence-electron chi connectivity index (χ4n) is 10.1. The van der Waals surface area contributed by atoms with Crippen LogP contribution < -0.4 is 9.47 Å². The second kappa shape index (κ2) is 13.3. The van der Waals surface area contributed by atoms with Crippen LogP contribution in [0.25, 0.3) is 0 Å². The van der Waals surface area contributed by atoms with Crippen LogP contribution in [0.4, 0.5) is 4.79 Å². The Hall–Kier alpha value is -3.93. The zero-order chi connectivity index (χ0) is 34.5. The Kier molecular flexibility index (Phi) is 8.85. The van der Waals surface area contributed by atoms with Crippen LogP contribution in [-0.4, -0.2) is 54.2 Å². The second-order valence-electron chi connectivity index (χ2n) is 16.1. The van der Waals surface area contributed by atoms with Gasteiger partial charge in [0.2, 0.25) is 0 Å². The molecule has 6 atom stereocenters. The van der Waals surface area contributed by atoms with Gasteiger partial charge in [-0.2, -0.15) is 0 Å². The maximum atomic E-state index is 13.2. The molecule has 260 valence electrons. The molecule has 6 unspecified atom stereocenters. The molecular weight excluding hydrogens is 617 g/mol. The van der Waals surface area contributed by atoms with E-state index < -0.39 is 6.16 Å². The third kappa shape index (κ3) is 6.07. The number of hydrogen-bond acceptors (Lipinski definition) is 5. The zero-order valence-electron chi connectivity index (χ0n) is 30.2. The van der Waals surface area contributed by atoms with Gasteiger partial charge in [0, 0.05) is 25.2 Å². The highest BCUT2D eigenvalue weighted by Crippen LogP contribution is 2.51. The predicted octanol–water partition coefficient (Wildman–Crippen LogP) is 8.80. The summed E-state index contributed by atoms with van der Waals surface area (Å²) >= 11 is 0. The van der Waals surface area contributed by atoms with E-state index in [-0.39, 0.29) is 10.8 Å². The maximum Gasteiger partial charge on any atom is 0.519 e. The number of nitrogens with zero attached hydrogens (tertiary/aromatic N) is 2. The highest BCUT2D eigenvalue weighted by molar-refractivity contribution is 5.68. The number of rotatable bonds is 8. The summed E-state index contributed by atoms with van der Waals surface area (Å²) in [5, 5.41) is 0. The lowest BCUT2D eigenvalue weighted by molar-refractivity contribution is 0.0321. The molecule has 4 aliphatic rings. The number of benzene rings is 4. The summed E-state index contributed by atoms with van der Waals surface area (Å²) in [5.41, 5.74) is 8.31. The lowest BCUT2D eigenvalue weighted by Crippen LogP contribution is -2.58. The van der Waals surface area contributed by atoms with Crippen molar-refractivity contribution in [3.63, 3.8) is 0 Å². The minimum absolute atomic E-state index is 0.0460. The first-order valence-electron chi connectivity index (χ1n) is 18.9. The molecule has 2 aliphatic carbocycles. The smallest absolute Gasteiger partial charge is 0.395 e. The second-order valence-corrected chi connectivity index (χ2v) is 16.1. The van der Waals surface area contributed by atoms with E-state index in [1.807, 2.05) is 12.1 Å². The van der Waals surface area contributed by atoms with Crippen LogP contribution in [0.1, 0.15) is 73.9 Å². The molecule has 50 heavy (non-hydrogen) atoms. The lowest BCUT2D eigenvalue weighted by atomic mass is 9.59. The third-order valence-electron chi connectivity index (χ3n) is 13.7. The molecule has 0 N–H and O–H groups in total. The molecule has 2 aliphatic heterocycles. The fourth-order valence-corrected chi connectivity index (χ4v) is 10.1. The van der Waals surface area contributed by atoms with E-state index in [1.54, 1.807) is 0 Å². The number of ether oxygens (including phenoxy) is 2. The average molecular weight is 669 g/mol. The SMILES string of the molecule is CC1C2Cc3ccc(OC(=O)Oc4ccc5c(c4)C4(C)CCN(CCc6ccccc6)C(C5)C4C)cc3C1(C)CCN2CCc1ccccc1. The molecule has 8 rings (SSSR count). The topological polar surface area (TPSA) is 42.0 Å². The van der Waals surface area contributed by atoms with Gasteiger partial charge >= 0.3 is 6.16 Å². The van der Waals surface area contributed by atoms with Gasteiger partial charge in [-0.1, -0.05) is 100 Å². The Labute approximate surface area is 298 Å². The van der Waals surface area contributed by atoms with Gasteiger partial charge in [-0.3, -0.25) is 9.80 Å². The van der Waals surface area contributed by atoms with Crippen molar-refractivity contribution in [2.75, 3.05) is 26.2 Å². The molecule has 0 saturated carbocycles. The predicted molar refractivity (Wildman–Crippen MR) is 200 cm³/mol. The van der Waals surface area contributed by atoms with Crippen molar-refractivity contribution in [2.24, 2.45) is 11.8 Å². The average Bonchev–Trinajstić information content (AvgIpc) is 3.12. The molecule has 4 aromatic carbocycles.